The maximum atomic E-state index is 11.9. The van der Waals surface area contributed by atoms with Crippen molar-refractivity contribution in [2.24, 2.45) is 5.73 Å². The molecule has 0 aromatic heterocycles. The van der Waals surface area contributed by atoms with Crippen molar-refractivity contribution in [1.29, 1.82) is 5.41 Å². The van der Waals surface area contributed by atoms with Crippen LogP contribution in [0.2, 0.25) is 10.0 Å². The van der Waals surface area contributed by atoms with Gasteiger partial charge in [-0.25, -0.2) is 0 Å². The Hall–Kier alpha value is -1.43. The number of ketones is 1. The third kappa shape index (κ3) is 6.12. The summed E-state index contributed by atoms with van der Waals surface area (Å²) in [7, 11) is 0. The molecule has 0 radical (unpaired) electrons. The van der Waals surface area contributed by atoms with E-state index >= 15 is 0 Å². The Bertz CT molecular complexity index is 929. The predicted octanol–water partition coefficient (Wildman–Crippen LogP) is 6.71. The number of nitrogens with one attached hydrogen (secondary N) is 1. The van der Waals surface area contributed by atoms with Crippen molar-refractivity contribution < 1.29 is 9.90 Å². The first-order chi connectivity index (χ1) is 14.3. The van der Waals surface area contributed by atoms with Gasteiger partial charge in [-0.05, 0) is 43.4 Å². The van der Waals surface area contributed by atoms with Gasteiger partial charge >= 0.3 is 0 Å². The normalized spacial score (nSPS) is 21.4. The minimum absolute atomic E-state index is 0. The van der Waals surface area contributed by atoms with Gasteiger partial charge in [0.05, 0.1) is 5.71 Å². The summed E-state index contributed by atoms with van der Waals surface area (Å²) in [5.74, 6) is 0.113. The largest absolute Gasteiger partial charge is 0.384 e. The fourth-order valence-electron chi connectivity index (χ4n) is 4.28. The highest BCUT2D eigenvalue weighted by molar-refractivity contribution is 6.34. The number of nitrogens with two attached hydrogens (primary N) is 1. The number of rotatable bonds is 3. The molecule has 1 unspecified atom stereocenters. The van der Waals surface area contributed by atoms with Crippen molar-refractivity contribution in [2.75, 3.05) is 0 Å². The van der Waals surface area contributed by atoms with E-state index in [1.165, 1.54) is 0 Å². The second-order valence-electron chi connectivity index (χ2n) is 8.18. The molecule has 0 heterocycles. The van der Waals surface area contributed by atoms with E-state index < -0.39 is 11.1 Å². The summed E-state index contributed by atoms with van der Waals surface area (Å²) in [6.45, 7) is 0. The van der Waals surface area contributed by atoms with E-state index in [9.17, 15) is 9.90 Å². The average molecular weight is 500 g/mol. The van der Waals surface area contributed by atoms with Crippen LogP contribution in [0.4, 0.5) is 0 Å². The number of hydrogen-bond donors (Lipinski definition) is 3. The van der Waals surface area contributed by atoms with Gasteiger partial charge in [0.1, 0.15) is 11.1 Å². The molecule has 0 bridgehead atoms. The number of Topliss-reactive ketones (excluding diaryl/α,β-unsaturated/α-hetero) is 1. The summed E-state index contributed by atoms with van der Waals surface area (Å²) < 4.78 is 0. The Labute approximate surface area is 207 Å². The molecule has 32 heavy (non-hydrogen) atoms. The molecule has 0 amide bonds. The maximum absolute atomic E-state index is 11.9. The number of carbonyl (C=O) groups is 1. The third-order valence-electron chi connectivity index (χ3n) is 6.12. The van der Waals surface area contributed by atoms with E-state index in [-0.39, 0.29) is 31.3 Å². The zero-order valence-electron chi connectivity index (χ0n) is 17.4. The highest BCUT2D eigenvalue weighted by Gasteiger charge is 2.39. The number of carbonyl (C=O) groups excluding carboxylic acids is 1. The Morgan fingerprint density at radius 2 is 1.44 bits per heavy atom. The highest BCUT2D eigenvalue weighted by Crippen LogP contribution is 2.36. The Morgan fingerprint density at radius 1 is 0.906 bits per heavy atom. The summed E-state index contributed by atoms with van der Waals surface area (Å²) in [5.41, 5.74) is 6.09. The van der Waals surface area contributed by atoms with Crippen LogP contribution in [0.15, 0.2) is 48.5 Å². The quantitative estimate of drug-likeness (QED) is 0.410. The molecular formula is C25H33Cl3N2O2. The molecule has 2 aliphatic rings. The van der Waals surface area contributed by atoms with Gasteiger partial charge in [-0.15, -0.1) is 12.4 Å². The van der Waals surface area contributed by atoms with Crippen molar-refractivity contribution in [3.63, 3.8) is 0 Å². The van der Waals surface area contributed by atoms with E-state index in [1.807, 2.05) is 30.3 Å². The molecule has 176 valence electrons. The van der Waals surface area contributed by atoms with E-state index in [0.717, 1.165) is 31.2 Å². The second kappa shape index (κ2) is 12.2. The van der Waals surface area contributed by atoms with Gasteiger partial charge in [0.15, 0.2) is 5.78 Å². The number of halogens is 3. The van der Waals surface area contributed by atoms with Crippen LogP contribution in [0.5, 0.6) is 0 Å². The molecule has 4 N–H and O–H groups in total. The SMILES string of the molecule is C.Cl.N=C(c1ccccc1Cl)C1(O)CCCC1.NC1(c2ccccc2Cl)CCCCC1=O. The second-order valence-corrected chi connectivity index (χ2v) is 8.99. The first kappa shape index (κ1) is 28.6. The van der Waals surface area contributed by atoms with Crippen LogP contribution in [0, 0.1) is 5.41 Å². The molecule has 0 saturated heterocycles. The summed E-state index contributed by atoms with van der Waals surface area (Å²) in [6, 6.07) is 14.6. The Balaban J connectivity index is 0.000000301. The van der Waals surface area contributed by atoms with Crippen LogP contribution in [0.1, 0.15) is 69.9 Å². The molecular weight excluding hydrogens is 467 g/mol. The standard InChI is InChI=1S/2C12H14ClNO.CH4.ClH/c13-10-6-2-1-5-9(10)11(14)12(15)7-3-4-8-12;13-10-6-2-1-5-9(10)12(14)8-4-3-7-11(12)15;;/h1-2,5-6,14-15H,3-4,7-8H2;1-2,5-6H,3-4,7-8,14H2;1H4;1H. The van der Waals surface area contributed by atoms with E-state index in [1.54, 1.807) is 18.2 Å². The van der Waals surface area contributed by atoms with Crippen molar-refractivity contribution >= 4 is 47.1 Å². The molecule has 1 atom stereocenters. The van der Waals surface area contributed by atoms with Crippen molar-refractivity contribution in [2.45, 2.75) is 69.9 Å². The first-order valence-corrected chi connectivity index (χ1v) is 11.2. The zero-order chi connectivity index (χ0) is 21.8. The van der Waals surface area contributed by atoms with Gasteiger partial charge in [0, 0.05) is 22.0 Å². The lowest BCUT2D eigenvalue weighted by Gasteiger charge is -2.32. The lowest BCUT2D eigenvalue weighted by molar-refractivity contribution is -0.126. The number of hydrogen-bond acceptors (Lipinski definition) is 4. The van der Waals surface area contributed by atoms with Crippen molar-refractivity contribution in [3.8, 4) is 0 Å². The lowest BCUT2D eigenvalue weighted by Crippen LogP contribution is -2.47. The van der Waals surface area contributed by atoms with Crippen molar-refractivity contribution in [1.82, 2.24) is 0 Å². The fourth-order valence-corrected chi connectivity index (χ4v) is 4.82. The first-order valence-electron chi connectivity index (χ1n) is 10.4. The molecule has 2 aliphatic carbocycles. The molecule has 0 aliphatic heterocycles. The number of aliphatic hydroxyl groups is 1. The Kier molecular flexibility index (Phi) is 10.9. The molecule has 2 fully saturated rings. The summed E-state index contributed by atoms with van der Waals surface area (Å²) in [6.07, 6.45) is 6.55. The monoisotopic (exact) mass is 498 g/mol. The van der Waals surface area contributed by atoms with Gasteiger partial charge in [-0.3, -0.25) is 4.79 Å². The number of benzene rings is 2. The maximum Gasteiger partial charge on any atom is 0.157 e. The Morgan fingerprint density at radius 3 is 2.00 bits per heavy atom. The van der Waals surface area contributed by atoms with E-state index in [2.05, 4.69) is 0 Å². The third-order valence-corrected chi connectivity index (χ3v) is 6.78. The van der Waals surface area contributed by atoms with Crippen LogP contribution in [0.25, 0.3) is 0 Å². The minimum Gasteiger partial charge on any atom is -0.384 e. The lowest BCUT2D eigenvalue weighted by atomic mass is 9.76. The van der Waals surface area contributed by atoms with E-state index in [0.29, 0.717) is 41.3 Å². The van der Waals surface area contributed by atoms with Gasteiger partial charge in [-0.1, -0.05) is 86.3 Å². The van der Waals surface area contributed by atoms with Gasteiger partial charge in [-0.2, -0.15) is 0 Å². The van der Waals surface area contributed by atoms with Gasteiger partial charge in [0.2, 0.25) is 0 Å². The average Bonchev–Trinajstić information content (AvgIpc) is 3.19. The van der Waals surface area contributed by atoms with Crippen LogP contribution >= 0.6 is 35.6 Å². The van der Waals surface area contributed by atoms with Crippen LogP contribution in [-0.4, -0.2) is 22.2 Å². The smallest absolute Gasteiger partial charge is 0.157 e. The molecule has 2 aromatic carbocycles. The predicted molar refractivity (Wildman–Crippen MR) is 136 cm³/mol. The molecule has 4 nitrogen and oxygen atoms in total. The molecule has 7 heteroatoms. The fraction of sp³-hybridized carbons (Fsp3) is 0.440. The molecule has 2 saturated carbocycles. The van der Waals surface area contributed by atoms with Crippen LogP contribution in [0.3, 0.4) is 0 Å². The van der Waals surface area contributed by atoms with E-state index in [4.69, 9.17) is 34.3 Å². The molecule has 4 rings (SSSR count). The zero-order valence-corrected chi connectivity index (χ0v) is 19.7. The highest BCUT2D eigenvalue weighted by atomic mass is 35.5. The summed E-state index contributed by atoms with van der Waals surface area (Å²) in [4.78, 5) is 11.9. The van der Waals surface area contributed by atoms with Crippen LogP contribution < -0.4 is 5.73 Å². The molecule has 2 aromatic rings. The van der Waals surface area contributed by atoms with Gasteiger partial charge < -0.3 is 16.2 Å². The van der Waals surface area contributed by atoms with Crippen molar-refractivity contribution in [3.05, 3.63) is 69.7 Å². The summed E-state index contributed by atoms with van der Waals surface area (Å²) >= 11 is 12.1. The molecule has 0 spiro atoms. The van der Waals surface area contributed by atoms with Crippen LogP contribution in [-0.2, 0) is 10.3 Å². The topological polar surface area (TPSA) is 87.2 Å². The van der Waals surface area contributed by atoms with Gasteiger partial charge in [0.25, 0.3) is 0 Å². The summed E-state index contributed by atoms with van der Waals surface area (Å²) in [5, 5.41) is 19.4. The minimum atomic E-state index is -0.953.